The van der Waals surface area contributed by atoms with Crippen LogP contribution < -0.4 is 5.73 Å². The molecular weight excluding hydrogens is 361 g/mol. The molecule has 1 fully saturated rings. The average molecular weight is 380 g/mol. The van der Waals surface area contributed by atoms with Crippen molar-refractivity contribution >= 4 is 31.6 Å². The topological polar surface area (TPSA) is 66.6 Å². The molecule has 0 spiro atoms. The van der Waals surface area contributed by atoms with Gasteiger partial charge < -0.3 is 10.6 Å². The average Bonchev–Trinajstić information content (AvgIpc) is 2.79. The Morgan fingerprint density at radius 1 is 1.52 bits per heavy atom. The zero-order valence-electron chi connectivity index (χ0n) is 12.0. The molecule has 0 aromatic heterocycles. The quantitative estimate of drug-likeness (QED) is 0.811. The summed E-state index contributed by atoms with van der Waals surface area (Å²) < 4.78 is 40.1. The maximum Gasteiger partial charge on any atom is 0.244 e. The highest BCUT2D eigenvalue weighted by Gasteiger charge is 2.29. The van der Waals surface area contributed by atoms with Gasteiger partial charge in [-0.15, -0.1) is 0 Å². The van der Waals surface area contributed by atoms with Gasteiger partial charge in [-0.25, -0.2) is 12.8 Å². The van der Waals surface area contributed by atoms with Crippen molar-refractivity contribution in [1.29, 1.82) is 0 Å². The smallest absolute Gasteiger partial charge is 0.244 e. The monoisotopic (exact) mass is 379 g/mol. The fourth-order valence-electron chi connectivity index (χ4n) is 2.52. The van der Waals surface area contributed by atoms with Crippen LogP contribution in [0.4, 0.5) is 10.1 Å². The highest BCUT2D eigenvalue weighted by Crippen LogP contribution is 2.29. The number of likely N-dealkylation sites (N-methyl/N-ethyl adjacent to an activating group) is 2. The lowest BCUT2D eigenvalue weighted by molar-refractivity contribution is 0.271. The minimum atomic E-state index is -3.71. The van der Waals surface area contributed by atoms with Gasteiger partial charge in [-0.1, -0.05) is 0 Å². The third-order valence-corrected chi connectivity index (χ3v) is 6.66. The van der Waals surface area contributed by atoms with Crippen molar-refractivity contribution in [2.24, 2.45) is 0 Å². The predicted octanol–water partition coefficient (Wildman–Crippen LogP) is 1.89. The van der Waals surface area contributed by atoms with Gasteiger partial charge in [-0.3, -0.25) is 0 Å². The van der Waals surface area contributed by atoms with Crippen LogP contribution in [-0.4, -0.2) is 50.8 Å². The molecule has 0 saturated carbocycles. The number of rotatable bonds is 4. The molecule has 1 aromatic carbocycles. The molecule has 1 heterocycles. The molecule has 1 aliphatic heterocycles. The number of nitrogens with zero attached hydrogens (tertiary/aromatic N) is 2. The summed E-state index contributed by atoms with van der Waals surface area (Å²) in [7, 11) is -0.181. The Balaban J connectivity index is 2.27. The van der Waals surface area contributed by atoms with Gasteiger partial charge in [0, 0.05) is 24.1 Å². The lowest BCUT2D eigenvalue weighted by Crippen LogP contribution is -2.39. The Kier molecular flexibility index (Phi) is 4.92. The van der Waals surface area contributed by atoms with Crippen LogP contribution in [0.15, 0.2) is 21.5 Å². The summed E-state index contributed by atoms with van der Waals surface area (Å²) in [5, 5.41) is 0. The minimum Gasteiger partial charge on any atom is -0.396 e. The van der Waals surface area contributed by atoms with E-state index in [2.05, 4.69) is 20.8 Å². The van der Waals surface area contributed by atoms with Crippen molar-refractivity contribution in [2.75, 3.05) is 32.9 Å². The number of benzene rings is 1. The molecule has 1 unspecified atom stereocenters. The Morgan fingerprint density at radius 3 is 2.76 bits per heavy atom. The highest BCUT2D eigenvalue weighted by molar-refractivity contribution is 9.10. The molecule has 2 N–H and O–H groups in total. The summed E-state index contributed by atoms with van der Waals surface area (Å²) >= 11 is 3.10. The summed E-state index contributed by atoms with van der Waals surface area (Å²) in [6, 6.07) is 2.45. The highest BCUT2D eigenvalue weighted by atomic mass is 79.9. The summed E-state index contributed by atoms with van der Waals surface area (Å²) in [4.78, 5) is 2.14. The number of likely N-dealkylation sites (tertiary alicyclic amines) is 1. The van der Waals surface area contributed by atoms with E-state index in [0.29, 0.717) is 6.54 Å². The Bertz CT molecular complexity index is 639. The first-order valence-corrected chi connectivity index (χ1v) is 8.88. The van der Waals surface area contributed by atoms with Crippen LogP contribution in [-0.2, 0) is 10.0 Å². The van der Waals surface area contributed by atoms with Crippen LogP contribution in [0.25, 0.3) is 0 Å². The molecule has 8 heteroatoms. The first kappa shape index (κ1) is 16.7. The van der Waals surface area contributed by atoms with E-state index in [1.807, 2.05) is 7.05 Å². The van der Waals surface area contributed by atoms with E-state index in [1.54, 1.807) is 0 Å². The molecule has 21 heavy (non-hydrogen) atoms. The Labute approximate surface area is 133 Å². The van der Waals surface area contributed by atoms with E-state index in [9.17, 15) is 12.8 Å². The van der Waals surface area contributed by atoms with Crippen molar-refractivity contribution in [3.8, 4) is 0 Å². The number of anilines is 1. The van der Waals surface area contributed by atoms with Crippen LogP contribution in [0.2, 0.25) is 0 Å². The van der Waals surface area contributed by atoms with Crippen molar-refractivity contribution in [1.82, 2.24) is 9.21 Å². The summed E-state index contributed by atoms with van der Waals surface area (Å²) in [5.41, 5.74) is 5.31. The lowest BCUT2D eigenvalue weighted by Gasteiger charge is -2.25. The molecule has 0 amide bonds. The lowest BCUT2D eigenvalue weighted by atomic mass is 10.2. The molecule has 0 aliphatic carbocycles. The van der Waals surface area contributed by atoms with E-state index in [0.717, 1.165) is 31.5 Å². The second-order valence-corrected chi connectivity index (χ2v) is 8.23. The normalized spacial score (nSPS) is 20.3. The van der Waals surface area contributed by atoms with Crippen LogP contribution in [0.1, 0.15) is 12.8 Å². The number of sulfonamides is 1. The summed E-state index contributed by atoms with van der Waals surface area (Å²) in [5.74, 6) is -0.640. The van der Waals surface area contributed by atoms with Gasteiger partial charge in [0.05, 0.1) is 10.6 Å². The molecule has 0 bridgehead atoms. The molecule has 118 valence electrons. The van der Waals surface area contributed by atoms with Crippen LogP contribution in [0, 0.1) is 5.82 Å². The fraction of sp³-hybridized carbons (Fsp3) is 0.538. The Hall–Kier alpha value is -0.700. The van der Waals surface area contributed by atoms with Gasteiger partial charge in [0.2, 0.25) is 10.0 Å². The van der Waals surface area contributed by atoms with E-state index < -0.39 is 15.8 Å². The molecule has 1 aliphatic rings. The largest absolute Gasteiger partial charge is 0.396 e. The number of halogens is 2. The molecular formula is C13H19BrFN3O2S. The fourth-order valence-corrected chi connectivity index (χ4v) is 4.73. The van der Waals surface area contributed by atoms with Crippen LogP contribution in [0.5, 0.6) is 0 Å². The van der Waals surface area contributed by atoms with E-state index in [-0.39, 0.29) is 21.1 Å². The summed E-state index contributed by atoms with van der Waals surface area (Å²) in [6.45, 7) is 1.38. The van der Waals surface area contributed by atoms with Crippen LogP contribution in [0.3, 0.4) is 0 Å². The number of nitrogens with two attached hydrogens (primary N) is 1. The van der Waals surface area contributed by atoms with Crippen molar-refractivity contribution in [2.45, 2.75) is 23.8 Å². The van der Waals surface area contributed by atoms with Crippen molar-refractivity contribution < 1.29 is 12.8 Å². The predicted molar refractivity (Wildman–Crippen MR) is 84.0 cm³/mol. The summed E-state index contributed by atoms with van der Waals surface area (Å²) in [6.07, 6.45) is 2.05. The first-order valence-electron chi connectivity index (χ1n) is 6.64. The third kappa shape index (κ3) is 3.39. The third-order valence-electron chi connectivity index (χ3n) is 3.88. The minimum absolute atomic E-state index is 0.00968. The maximum atomic E-state index is 13.4. The SMILES string of the molecule is CN1CCCC1CN(C)S(=O)(=O)c1cc(N)c(F)cc1Br. The van der Waals surface area contributed by atoms with Crippen molar-refractivity contribution in [3.05, 3.63) is 22.4 Å². The van der Waals surface area contributed by atoms with Gasteiger partial charge in [0.15, 0.2) is 0 Å². The zero-order valence-corrected chi connectivity index (χ0v) is 14.4. The molecule has 5 nitrogen and oxygen atoms in total. The van der Waals surface area contributed by atoms with E-state index >= 15 is 0 Å². The standard InChI is InChI=1S/C13H19BrFN3O2S/c1-17-5-3-4-9(17)8-18(2)21(19,20)13-7-12(16)11(15)6-10(13)14/h6-7,9H,3-5,8,16H2,1-2H3. The van der Waals surface area contributed by atoms with Gasteiger partial charge >= 0.3 is 0 Å². The second-order valence-electron chi connectivity index (χ2n) is 5.37. The Morgan fingerprint density at radius 2 is 2.19 bits per heavy atom. The van der Waals surface area contributed by atoms with Crippen LogP contribution >= 0.6 is 15.9 Å². The van der Waals surface area contributed by atoms with Gasteiger partial charge in [-0.05, 0) is 54.5 Å². The zero-order chi connectivity index (χ0) is 15.8. The molecule has 0 radical (unpaired) electrons. The number of hydrogen-bond acceptors (Lipinski definition) is 4. The maximum absolute atomic E-state index is 13.4. The van der Waals surface area contributed by atoms with E-state index in [1.165, 1.54) is 11.4 Å². The molecule has 2 rings (SSSR count). The first-order chi connectivity index (χ1) is 9.73. The van der Waals surface area contributed by atoms with Gasteiger partial charge in [0.1, 0.15) is 5.82 Å². The molecule has 1 saturated heterocycles. The van der Waals surface area contributed by atoms with Crippen molar-refractivity contribution in [3.63, 3.8) is 0 Å². The molecule has 1 atom stereocenters. The number of nitrogen functional groups attached to an aromatic ring is 1. The van der Waals surface area contributed by atoms with E-state index in [4.69, 9.17) is 5.73 Å². The van der Waals surface area contributed by atoms with Gasteiger partial charge in [-0.2, -0.15) is 4.31 Å². The second kappa shape index (κ2) is 6.20. The molecule has 1 aromatic rings. The van der Waals surface area contributed by atoms with Gasteiger partial charge in [0.25, 0.3) is 0 Å². The number of hydrogen-bond donors (Lipinski definition) is 1.